The molecule has 0 bridgehead atoms. The predicted molar refractivity (Wildman–Crippen MR) is 111 cm³/mol. The quantitative estimate of drug-likeness (QED) is 0.493. The van der Waals surface area contributed by atoms with E-state index in [1.54, 1.807) is 0 Å². The number of nitrogens with one attached hydrogen (secondary N) is 1. The summed E-state index contributed by atoms with van der Waals surface area (Å²) in [5, 5.41) is 3.60. The monoisotopic (exact) mass is 377 g/mol. The fraction of sp³-hybridized carbons (Fsp3) is 0.227. The smallest absolute Gasteiger partial charge is 0.233 e. The SMILES string of the molecule is Cc1nc(SC(C)C(=O)NCCc2ccccc2)cc(-c2ccccc2)n1. The minimum atomic E-state index is -0.223. The van der Waals surface area contributed by atoms with Crippen molar-refractivity contribution in [3.63, 3.8) is 0 Å². The van der Waals surface area contributed by atoms with Gasteiger partial charge in [0.1, 0.15) is 10.9 Å². The van der Waals surface area contributed by atoms with Gasteiger partial charge in [-0.3, -0.25) is 4.79 Å². The minimum Gasteiger partial charge on any atom is -0.355 e. The van der Waals surface area contributed by atoms with E-state index in [4.69, 9.17) is 0 Å². The summed E-state index contributed by atoms with van der Waals surface area (Å²) in [6.45, 7) is 4.41. The second-order valence-corrected chi connectivity index (χ2v) is 7.65. The van der Waals surface area contributed by atoms with E-state index < -0.39 is 0 Å². The van der Waals surface area contributed by atoms with Crippen LogP contribution in [0.25, 0.3) is 11.3 Å². The highest BCUT2D eigenvalue weighted by Crippen LogP contribution is 2.26. The molecule has 0 radical (unpaired) electrons. The topological polar surface area (TPSA) is 54.9 Å². The number of aromatic nitrogens is 2. The molecular weight excluding hydrogens is 354 g/mol. The average Bonchev–Trinajstić information content (AvgIpc) is 2.69. The number of nitrogens with zero attached hydrogens (tertiary/aromatic N) is 2. The molecule has 2 aromatic carbocycles. The summed E-state index contributed by atoms with van der Waals surface area (Å²) in [7, 11) is 0. The molecule has 0 aliphatic carbocycles. The van der Waals surface area contributed by atoms with Gasteiger partial charge in [0, 0.05) is 12.1 Å². The molecule has 5 heteroatoms. The molecule has 3 rings (SSSR count). The number of thioether (sulfide) groups is 1. The highest BCUT2D eigenvalue weighted by atomic mass is 32.2. The third-order valence-electron chi connectivity index (χ3n) is 4.11. The molecule has 4 nitrogen and oxygen atoms in total. The van der Waals surface area contributed by atoms with Gasteiger partial charge in [-0.1, -0.05) is 72.4 Å². The molecule has 1 aromatic heterocycles. The number of carbonyl (C=O) groups excluding carboxylic acids is 1. The van der Waals surface area contributed by atoms with Crippen LogP contribution in [0.1, 0.15) is 18.3 Å². The zero-order valence-corrected chi connectivity index (χ0v) is 16.4. The van der Waals surface area contributed by atoms with Crippen LogP contribution in [0.2, 0.25) is 0 Å². The van der Waals surface area contributed by atoms with Gasteiger partial charge in [-0.15, -0.1) is 0 Å². The van der Waals surface area contributed by atoms with E-state index in [1.165, 1.54) is 17.3 Å². The molecule has 1 N–H and O–H groups in total. The number of aryl methyl sites for hydroxylation is 1. The molecule has 0 saturated heterocycles. The van der Waals surface area contributed by atoms with Gasteiger partial charge in [0.2, 0.25) is 5.91 Å². The molecule has 0 saturated carbocycles. The second-order valence-electron chi connectivity index (χ2n) is 6.29. The normalized spacial score (nSPS) is 11.8. The molecule has 1 atom stereocenters. The van der Waals surface area contributed by atoms with Crippen LogP contribution in [0.4, 0.5) is 0 Å². The maximum Gasteiger partial charge on any atom is 0.233 e. The Hall–Kier alpha value is -2.66. The van der Waals surface area contributed by atoms with Crippen LogP contribution in [0.3, 0.4) is 0 Å². The number of benzene rings is 2. The largest absolute Gasteiger partial charge is 0.355 e. The Morgan fingerprint density at radius 1 is 1.04 bits per heavy atom. The lowest BCUT2D eigenvalue weighted by Gasteiger charge is -2.12. The van der Waals surface area contributed by atoms with Gasteiger partial charge in [0.15, 0.2) is 0 Å². The number of amides is 1. The Labute approximate surface area is 164 Å². The van der Waals surface area contributed by atoms with Crippen LogP contribution in [-0.4, -0.2) is 27.7 Å². The fourth-order valence-corrected chi connectivity index (χ4v) is 3.63. The van der Waals surface area contributed by atoms with Crippen LogP contribution in [0.5, 0.6) is 0 Å². The van der Waals surface area contributed by atoms with Crippen molar-refractivity contribution in [3.8, 4) is 11.3 Å². The van der Waals surface area contributed by atoms with Crippen molar-refractivity contribution in [1.82, 2.24) is 15.3 Å². The number of rotatable bonds is 7. The van der Waals surface area contributed by atoms with E-state index in [1.807, 2.05) is 68.4 Å². The Morgan fingerprint density at radius 3 is 2.41 bits per heavy atom. The Balaban J connectivity index is 1.59. The summed E-state index contributed by atoms with van der Waals surface area (Å²) < 4.78 is 0. The lowest BCUT2D eigenvalue weighted by Crippen LogP contribution is -2.32. The first kappa shape index (κ1) is 19.1. The molecule has 1 unspecified atom stereocenters. The van der Waals surface area contributed by atoms with Crippen molar-refractivity contribution in [3.05, 3.63) is 78.1 Å². The Bertz CT molecular complexity index is 885. The summed E-state index contributed by atoms with van der Waals surface area (Å²) in [4.78, 5) is 21.4. The summed E-state index contributed by atoms with van der Waals surface area (Å²) in [6, 6.07) is 22.1. The number of hydrogen-bond donors (Lipinski definition) is 1. The van der Waals surface area contributed by atoms with Crippen LogP contribution >= 0.6 is 11.8 Å². The Kier molecular flexibility index (Phi) is 6.60. The molecule has 138 valence electrons. The van der Waals surface area contributed by atoms with Gasteiger partial charge >= 0.3 is 0 Å². The summed E-state index contributed by atoms with van der Waals surface area (Å²) >= 11 is 1.46. The van der Waals surface area contributed by atoms with E-state index in [2.05, 4.69) is 27.4 Å². The maximum absolute atomic E-state index is 12.4. The standard InChI is InChI=1S/C22H23N3OS/c1-16(22(26)23-14-13-18-9-5-3-6-10-18)27-21-15-20(24-17(2)25-21)19-11-7-4-8-12-19/h3-12,15-16H,13-14H2,1-2H3,(H,23,26). The van der Waals surface area contributed by atoms with Crippen molar-refractivity contribution in [1.29, 1.82) is 0 Å². The van der Waals surface area contributed by atoms with Gasteiger partial charge in [-0.2, -0.15) is 0 Å². The lowest BCUT2D eigenvalue weighted by atomic mass is 10.1. The maximum atomic E-state index is 12.4. The van der Waals surface area contributed by atoms with Crippen LogP contribution in [0.15, 0.2) is 71.8 Å². The van der Waals surface area contributed by atoms with E-state index in [0.29, 0.717) is 12.4 Å². The Morgan fingerprint density at radius 2 is 1.70 bits per heavy atom. The van der Waals surface area contributed by atoms with E-state index in [9.17, 15) is 4.79 Å². The lowest BCUT2D eigenvalue weighted by molar-refractivity contribution is -0.120. The second kappa shape index (κ2) is 9.33. The first-order chi connectivity index (χ1) is 13.1. The first-order valence-corrected chi connectivity index (χ1v) is 9.89. The molecule has 0 aliphatic heterocycles. The zero-order valence-electron chi connectivity index (χ0n) is 15.6. The number of hydrogen-bond acceptors (Lipinski definition) is 4. The van der Waals surface area contributed by atoms with Gasteiger partial charge < -0.3 is 5.32 Å². The van der Waals surface area contributed by atoms with Crippen LogP contribution in [0, 0.1) is 6.92 Å². The van der Waals surface area contributed by atoms with Crippen molar-refractivity contribution >= 4 is 17.7 Å². The minimum absolute atomic E-state index is 0.0217. The van der Waals surface area contributed by atoms with Crippen LogP contribution in [-0.2, 0) is 11.2 Å². The molecule has 0 spiro atoms. The molecule has 0 aliphatic rings. The third kappa shape index (κ3) is 5.66. The van der Waals surface area contributed by atoms with E-state index in [-0.39, 0.29) is 11.2 Å². The van der Waals surface area contributed by atoms with Crippen molar-refractivity contribution in [2.75, 3.05) is 6.54 Å². The number of carbonyl (C=O) groups is 1. The first-order valence-electron chi connectivity index (χ1n) is 9.01. The zero-order chi connectivity index (χ0) is 19.1. The van der Waals surface area contributed by atoms with Crippen molar-refractivity contribution in [2.45, 2.75) is 30.5 Å². The molecule has 0 fully saturated rings. The van der Waals surface area contributed by atoms with Crippen molar-refractivity contribution in [2.24, 2.45) is 0 Å². The highest BCUT2D eigenvalue weighted by molar-refractivity contribution is 8.00. The molecular formula is C22H23N3OS. The average molecular weight is 378 g/mol. The molecule has 1 amide bonds. The van der Waals surface area contributed by atoms with Gasteiger partial charge in [0.25, 0.3) is 0 Å². The summed E-state index contributed by atoms with van der Waals surface area (Å²) in [6.07, 6.45) is 0.828. The molecule has 1 heterocycles. The van der Waals surface area contributed by atoms with Gasteiger partial charge in [-0.05, 0) is 31.9 Å². The van der Waals surface area contributed by atoms with Crippen LogP contribution < -0.4 is 5.32 Å². The molecule has 3 aromatic rings. The van der Waals surface area contributed by atoms with Gasteiger partial charge in [0.05, 0.1) is 10.9 Å². The highest BCUT2D eigenvalue weighted by Gasteiger charge is 2.16. The van der Waals surface area contributed by atoms with E-state index in [0.717, 1.165) is 22.7 Å². The fourth-order valence-electron chi connectivity index (χ4n) is 2.71. The third-order valence-corrected chi connectivity index (χ3v) is 5.12. The summed E-state index contributed by atoms with van der Waals surface area (Å²) in [5.41, 5.74) is 3.14. The van der Waals surface area contributed by atoms with Gasteiger partial charge in [-0.25, -0.2) is 9.97 Å². The van der Waals surface area contributed by atoms with E-state index >= 15 is 0 Å². The predicted octanol–water partition coefficient (Wildman–Crippen LogP) is 4.29. The van der Waals surface area contributed by atoms with Crippen molar-refractivity contribution < 1.29 is 4.79 Å². The molecule has 27 heavy (non-hydrogen) atoms. The summed E-state index contributed by atoms with van der Waals surface area (Å²) in [5.74, 6) is 0.726.